The highest BCUT2D eigenvalue weighted by atomic mass is 127. The number of piperidine rings is 1. The molecule has 28 heavy (non-hydrogen) atoms. The fraction of sp³-hybridized carbons (Fsp3) is 0.682. The van der Waals surface area contributed by atoms with E-state index in [9.17, 15) is 0 Å². The summed E-state index contributed by atoms with van der Waals surface area (Å²) in [6, 6.07) is 8.64. The Labute approximate surface area is 187 Å². The molecule has 0 amide bonds. The van der Waals surface area contributed by atoms with Crippen molar-refractivity contribution in [1.29, 1.82) is 0 Å². The number of rotatable bonds is 6. The number of aliphatic imine (C=N–C) groups is 1. The maximum absolute atomic E-state index is 6.06. The lowest BCUT2D eigenvalue weighted by Crippen LogP contribution is -2.45. The quantitative estimate of drug-likeness (QED) is 0.361. The molecule has 0 saturated carbocycles. The van der Waals surface area contributed by atoms with Crippen LogP contribution in [0.2, 0.25) is 0 Å². The van der Waals surface area contributed by atoms with E-state index in [1.807, 2.05) is 0 Å². The van der Waals surface area contributed by atoms with Crippen LogP contribution in [0.25, 0.3) is 0 Å². The van der Waals surface area contributed by atoms with Gasteiger partial charge >= 0.3 is 0 Å². The molecule has 0 atom stereocenters. The minimum Gasteiger partial charge on any atom is -0.381 e. The molecule has 0 aliphatic carbocycles. The van der Waals surface area contributed by atoms with Gasteiger partial charge in [-0.3, -0.25) is 0 Å². The lowest BCUT2D eigenvalue weighted by Gasteiger charge is -2.33. The molecule has 2 saturated heterocycles. The lowest BCUT2D eigenvalue weighted by atomic mass is 10.00. The predicted octanol–water partition coefficient (Wildman–Crippen LogP) is 4.20. The molecule has 158 valence electrons. The molecule has 5 nitrogen and oxygen atoms in total. The van der Waals surface area contributed by atoms with Crippen LogP contribution in [0.4, 0.5) is 0 Å². The maximum Gasteiger partial charge on any atom is 0.194 e. The summed E-state index contributed by atoms with van der Waals surface area (Å²) >= 11 is 0. The zero-order valence-electron chi connectivity index (χ0n) is 17.4. The zero-order valence-corrected chi connectivity index (χ0v) is 19.7. The number of halogens is 1. The van der Waals surface area contributed by atoms with Gasteiger partial charge in [-0.05, 0) is 49.7 Å². The van der Waals surface area contributed by atoms with Crippen LogP contribution in [0, 0.1) is 5.92 Å². The number of nitrogens with one attached hydrogen (secondary N) is 1. The molecule has 0 bridgehead atoms. The van der Waals surface area contributed by atoms with Gasteiger partial charge in [0.25, 0.3) is 0 Å². The highest BCUT2D eigenvalue weighted by Gasteiger charge is 2.18. The Morgan fingerprint density at radius 1 is 1.18 bits per heavy atom. The monoisotopic (exact) mass is 501 g/mol. The first-order valence-corrected chi connectivity index (χ1v) is 10.5. The van der Waals surface area contributed by atoms with E-state index in [4.69, 9.17) is 14.5 Å². The number of hydrogen-bond donors (Lipinski definition) is 1. The van der Waals surface area contributed by atoms with Crippen LogP contribution < -0.4 is 5.32 Å². The van der Waals surface area contributed by atoms with E-state index in [1.54, 1.807) is 0 Å². The van der Waals surface area contributed by atoms with Crippen LogP contribution in [-0.2, 0) is 22.6 Å². The van der Waals surface area contributed by atoms with Crippen molar-refractivity contribution in [3.8, 4) is 0 Å². The van der Waals surface area contributed by atoms with E-state index >= 15 is 0 Å². The van der Waals surface area contributed by atoms with Crippen molar-refractivity contribution in [2.75, 3.05) is 32.8 Å². The summed E-state index contributed by atoms with van der Waals surface area (Å²) in [5, 5.41) is 3.46. The molecule has 3 rings (SSSR count). The Hall–Kier alpha value is -0.860. The number of likely N-dealkylation sites (tertiary alicyclic amines) is 1. The van der Waals surface area contributed by atoms with Crippen molar-refractivity contribution >= 4 is 29.9 Å². The predicted molar refractivity (Wildman–Crippen MR) is 125 cm³/mol. The minimum absolute atomic E-state index is 0. The van der Waals surface area contributed by atoms with Crippen molar-refractivity contribution in [3.05, 3.63) is 35.4 Å². The summed E-state index contributed by atoms with van der Waals surface area (Å²) in [5.41, 5.74) is 2.47. The molecule has 0 aromatic heterocycles. The summed E-state index contributed by atoms with van der Waals surface area (Å²) in [5.74, 6) is 1.88. The molecule has 6 heteroatoms. The summed E-state index contributed by atoms with van der Waals surface area (Å²) < 4.78 is 11.5. The maximum atomic E-state index is 6.06. The largest absolute Gasteiger partial charge is 0.381 e. The fourth-order valence-electron chi connectivity index (χ4n) is 3.69. The van der Waals surface area contributed by atoms with Gasteiger partial charge in [-0.2, -0.15) is 0 Å². The van der Waals surface area contributed by atoms with Crippen LogP contribution >= 0.6 is 24.0 Å². The average molecular weight is 501 g/mol. The van der Waals surface area contributed by atoms with Crippen molar-refractivity contribution < 1.29 is 9.47 Å². The van der Waals surface area contributed by atoms with Gasteiger partial charge in [0.1, 0.15) is 0 Å². The Kier molecular flexibility index (Phi) is 10.6. The summed E-state index contributed by atoms with van der Waals surface area (Å²) in [4.78, 5) is 7.30. The van der Waals surface area contributed by atoms with Crippen LogP contribution in [0.3, 0.4) is 0 Å². The third-order valence-corrected chi connectivity index (χ3v) is 5.47. The molecule has 0 radical (unpaired) electrons. The molecule has 0 spiro atoms. The average Bonchev–Trinajstić information content (AvgIpc) is 2.71. The van der Waals surface area contributed by atoms with Crippen LogP contribution in [0.15, 0.2) is 29.3 Å². The molecule has 0 unspecified atom stereocenters. The first-order chi connectivity index (χ1) is 13.2. The van der Waals surface area contributed by atoms with Crippen molar-refractivity contribution in [3.63, 3.8) is 0 Å². The molecule has 2 fully saturated rings. The molecule has 2 aliphatic heterocycles. The highest BCUT2D eigenvalue weighted by Crippen LogP contribution is 2.17. The topological polar surface area (TPSA) is 46.1 Å². The normalized spacial score (nSPS) is 19.4. The van der Waals surface area contributed by atoms with Gasteiger partial charge in [-0.1, -0.05) is 31.2 Å². The van der Waals surface area contributed by atoms with E-state index in [0.717, 1.165) is 57.6 Å². The van der Waals surface area contributed by atoms with Gasteiger partial charge in [-0.25, -0.2) is 4.99 Å². The third kappa shape index (κ3) is 7.52. The third-order valence-electron chi connectivity index (χ3n) is 5.47. The second-order valence-electron chi connectivity index (χ2n) is 7.78. The van der Waals surface area contributed by atoms with Gasteiger partial charge in [0.2, 0.25) is 0 Å². The summed E-state index contributed by atoms with van der Waals surface area (Å²) in [6.45, 7) is 10.6. The first kappa shape index (κ1) is 23.4. The van der Waals surface area contributed by atoms with E-state index in [1.165, 1.54) is 24.0 Å². The summed E-state index contributed by atoms with van der Waals surface area (Å²) in [7, 11) is 0. The molecular weight excluding hydrogens is 465 g/mol. The number of nitrogens with zero attached hydrogens (tertiary/aromatic N) is 2. The number of benzene rings is 1. The second kappa shape index (κ2) is 12.6. The van der Waals surface area contributed by atoms with E-state index in [-0.39, 0.29) is 24.0 Å². The van der Waals surface area contributed by atoms with Gasteiger partial charge in [-0.15, -0.1) is 24.0 Å². The van der Waals surface area contributed by atoms with Crippen LogP contribution in [0.5, 0.6) is 0 Å². The van der Waals surface area contributed by atoms with Gasteiger partial charge in [0.15, 0.2) is 5.96 Å². The van der Waals surface area contributed by atoms with Crippen molar-refractivity contribution in [2.45, 2.75) is 58.8 Å². The molecule has 1 N–H and O–H groups in total. The smallest absolute Gasteiger partial charge is 0.194 e. The number of ether oxygens (including phenoxy) is 2. The minimum atomic E-state index is 0. The van der Waals surface area contributed by atoms with Gasteiger partial charge in [0.05, 0.1) is 19.3 Å². The van der Waals surface area contributed by atoms with E-state index < -0.39 is 0 Å². The van der Waals surface area contributed by atoms with E-state index in [2.05, 4.69) is 48.3 Å². The van der Waals surface area contributed by atoms with E-state index in [0.29, 0.717) is 19.3 Å². The Balaban J connectivity index is 0.00000280. The lowest BCUT2D eigenvalue weighted by molar-refractivity contribution is -0.0390. The molecule has 1 aromatic rings. The molecule has 2 heterocycles. The van der Waals surface area contributed by atoms with Gasteiger partial charge < -0.3 is 19.7 Å². The number of hydrogen-bond acceptors (Lipinski definition) is 3. The summed E-state index contributed by atoms with van der Waals surface area (Å²) in [6.07, 6.45) is 4.85. The van der Waals surface area contributed by atoms with Crippen LogP contribution in [0.1, 0.15) is 50.7 Å². The van der Waals surface area contributed by atoms with Gasteiger partial charge in [0, 0.05) is 32.8 Å². The first-order valence-electron chi connectivity index (χ1n) is 10.5. The van der Waals surface area contributed by atoms with Crippen LogP contribution in [-0.4, -0.2) is 49.8 Å². The Morgan fingerprint density at radius 3 is 2.61 bits per heavy atom. The SMILES string of the molecule is CCNC(=NCc1cccc(COC2CCOCC2)c1)N1CCC(C)CC1.I. The number of guanidine groups is 1. The molecule has 1 aromatic carbocycles. The highest BCUT2D eigenvalue weighted by molar-refractivity contribution is 14.0. The molecule has 2 aliphatic rings. The van der Waals surface area contributed by atoms with Crippen molar-refractivity contribution in [1.82, 2.24) is 10.2 Å². The fourth-order valence-corrected chi connectivity index (χ4v) is 3.69. The second-order valence-corrected chi connectivity index (χ2v) is 7.78. The zero-order chi connectivity index (χ0) is 18.9. The Morgan fingerprint density at radius 2 is 1.89 bits per heavy atom. The standard InChI is InChI=1S/C22H35N3O2.HI/c1-3-23-22(25-11-7-18(2)8-12-25)24-16-19-5-4-6-20(15-19)17-27-21-9-13-26-14-10-21;/h4-6,15,18,21H,3,7-14,16-17H2,1-2H3,(H,23,24);1H. The van der Waals surface area contributed by atoms with Crippen molar-refractivity contribution in [2.24, 2.45) is 10.9 Å². The Bertz CT molecular complexity index is 597. The molecular formula is C22H36IN3O2.